The number of rotatable bonds is 12. The molecule has 0 spiro atoms. The van der Waals surface area contributed by atoms with Crippen LogP contribution in [0.5, 0.6) is 0 Å². The molecule has 38 heavy (non-hydrogen) atoms. The second-order valence-electron chi connectivity index (χ2n) is 12.6. The molecule has 3 aliphatic carbocycles. The molecule has 0 N–H and O–H groups in total. The van der Waals surface area contributed by atoms with Gasteiger partial charge < -0.3 is 18.9 Å². The van der Waals surface area contributed by atoms with Gasteiger partial charge in [0.2, 0.25) is 0 Å². The third kappa shape index (κ3) is 7.38. The molecule has 216 valence electrons. The first-order valence-electron chi connectivity index (χ1n) is 14.0. The van der Waals surface area contributed by atoms with Crippen molar-refractivity contribution < 1.29 is 38.1 Å². The molecule has 8 heteroatoms. The van der Waals surface area contributed by atoms with Gasteiger partial charge in [-0.2, -0.15) is 0 Å². The molecule has 0 amide bonds. The molecule has 3 rings (SSSR count). The number of carbonyl (C=O) groups is 4. The predicted molar refractivity (Wildman–Crippen MR) is 143 cm³/mol. The minimum absolute atomic E-state index is 0.0926. The van der Waals surface area contributed by atoms with Crippen LogP contribution in [0.15, 0.2) is 11.1 Å². The molecule has 0 radical (unpaired) electrons. The normalized spacial score (nSPS) is 26.8. The first-order chi connectivity index (χ1) is 17.7. The summed E-state index contributed by atoms with van der Waals surface area (Å²) in [6, 6.07) is 0. The van der Waals surface area contributed by atoms with Crippen LogP contribution in [-0.4, -0.2) is 50.3 Å². The van der Waals surface area contributed by atoms with Crippen molar-refractivity contribution in [3.63, 3.8) is 0 Å². The van der Waals surface area contributed by atoms with E-state index in [0.29, 0.717) is 0 Å². The SMILES string of the molecule is CC1=C(C)C2C(C(=O)OCC(C)C)C(C(=O)OCC(C)C)C1C(C(=O)OCC(C)C)C2C(=O)OCC(C)C. The molecule has 0 aliphatic heterocycles. The van der Waals surface area contributed by atoms with E-state index >= 15 is 0 Å². The van der Waals surface area contributed by atoms with Gasteiger partial charge in [-0.15, -0.1) is 0 Å². The van der Waals surface area contributed by atoms with Gasteiger partial charge in [-0.05, 0) is 37.5 Å². The zero-order valence-corrected chi connectivity index (χ0v) is 24.9. The minimum Gasteiger partial charge on any atom is -0.465 e. The van der Waals surface area contributed by atoms with E-state index in [0.717, 1.165) is 11.1 Å². The fourth-order valence-electron chi connectivity index (χ4n) is 5.50. The summed E-state index contributed by atoms with van der Waals surface area (Å²) in [6.07, 6.45) is 0. The molecule has 0 saturated heterocycles. The Labute approximate surface area is 228 Å². The van der Waals surface area contributed by atoms with Crippen LogP contribution in [-0.2, 0) is 38.1 Å². The molecule has 0 aromatic carbocycles. The van der Waals surface area contributed by atoms with Crippen LogP contribution < -0.4 is 0 Å². The second kappa shape index (κ2) is 13.6. The van der Waals surface area contributed by atoms with Gasteiger partial charge in [0.05, 0.1) is 50.1 Å². The third-order valence-electron chi connectivity index (χ3n) is 7.27. The lowest BCUT2D eigenvalue weighted by Gasteiger charge is -2.53. The number of ether oxygens (including phenoxy) is 4. The highest BCUT2D eigenvalue weighted by atomic mass is 16.6. The maximum absolute atomic E-state index is 13.6. The van der Waals surface area contributed by atoms with E-state index in [-0.39, 0.29) is 50.1 Å². The Balaban J connectivity index is 2.65. The zero-order valence-electron chi connectivity index (χ0n) is 24.9. The Hall–Kier alpha value is -2.38. The lowest BCUT2D eigenvalue weighted by Crippen LogP contribution is -2.61. The summed E-state index contributed by atoms with van der Waals surface area (Å²) < 4.78 is 22.6. The van der Waals surface area contributed by atoms with E-state index in [1.807, 2.05) is 69.2 Å². The molecular formula is C30H48O8. The van der Waals surface area contributed by atoms with Gasteiger partial charge in [0.15, 0.2) is 0 Å². The number of carbonyl (C=O) groups excluding carboxylic acids is 4. The summed E-state index contributed by atoms with van der Waals surface area (Å²) in [5, 5.41) is 0. The molecule has 4 atom stereocenters. The summed E-state index contributed by atoms with van der Waals surface area (Å²) >= 11 is 0. The van der Waals surface area contributed by atoms with Gasteiger partial charge in [0.25, 0.3) is 0 Å². The Bertz CT molecular complexity index is 768. The van der Waals surface area contributed by atoms with Gasteiger partial charge in [-0.3, -0.25) is 19.2 Å². The average molecular weight is 537 g/mol. The van der Waals surface area contributed by atoms with Crippen molar-refractivity contribution >= 4 is 23.9 Å². The molecule has 1 fully saturated rings. The molecule has 4 unspecified atom stereocenters. The van der Waals surface area contributed by atoms with Crippen LogP contribution in [0.2, 0.25) is 0 Å². The fourth-order valence-corrected chi connectivity index (χ4v) is 5.50. The topological polar surface area (TPSA) is 105 Å². The first kappa shape index (κ1) is 31.8. The van der Waals surface area contributed by atoms with Crippen LogP contribution >= 0.6 is 0 Å². The molecule has 0 heterocycles. The Kier molecular flexibility index (Phi) is 11.4. The zero-order chi connectivity index (χ0) is 28.9. The van der Waals surface area contributed by atoms with E-state index < -0.39 is 59.4 Å². The van der Waals surface area contributed by atoms with Crippen LogP contribution in [0.25, 0.3) is 0 Å². The van der Waals surface area contributed by atoms with E-state index in [1.165, 1.54) is 0 Å². The van der Waals surface area contributed by atoms with Crippen LogP contribution in [0.4, 0.5) is 0 Å². The van der Waals surface area contributed by atoms with Crippen molar-refractivity contribution in [2.24, 2.45) is 59.2 Å². The molecule has 2 bridgehead atoms. The second-order valence-corrected chi connectivity index (χ2v) is 12.6. The maximum Gasteiger partial charge on any atom is 0.310 e. The molecule has 0 aromatic heterocycles. The van der Waals surface area contributed by atoms with Crippen LogP contribution in [0, 0.1) is 59.2 Å². The standard InChI is InChI=1S/C30H48O8/c1-15(2)11-35-27(31)23-21-19(9)20(10)22(24(23)28(32)36-12-16(3)4)26(30(34)38-14-18(7)8)25(21)29(33)37-13-17(5)6/h15-18,21-26H,11-14H2,1-10H3. The highest BCUT2D eigenvalue weighted by molar-refractivity contribution is 5.91. The summed E-state index contributed by atoms with van der Waals surface area (Å²) in [4.78, 5) is 54.4. The minimum atomic E-state index is -0.965. The maximum atomic E-state index is 13.6. The lowest BCUT2D eigenvalue weighted by molar-refractivity contribution is -0.188. The van der Waals surface area contributed by atoms with Gasteiger partial charge in [0.1, 0.15) is 0 Å². The van der Waals surface area contributed by atoms with Gasteiger partial charge >= 0.3 is 23.9 Å². The summed E-state index contributed by atoms with van der Waals surface area (Å²) in [5.41, 5.74) is 1.63. The quantitative estimate of drug-likeness (QED) is 0.198. The highest BCUT2D eigenvalue weighted by Gasteiger charge is 2.65. The van der Waals surface area contributed by atoms with Crippen molar-refractivity contribution in [3.05, 3.63) is 11.1 Å². The van der Waals surface area contributed by atoms with Gasteiger partial charge in [-0.25, -0.2) is 0 Å². The molecular weight excluding hydrogens is 488 g/mol. The van der Waals surface area contributed by atoms with Gasteiger partial charge in [-0.1, -0.05) is 66.5 Å². The molecule has 8 nitrogen and oxygen atoms in total. The molecule has 0 aromatic rings. The van der Waals surface area contributed by atoms with Crippen LogP contribution in [0.3, 0.4) is 0 Å². The van der Waals surface area contributed by atoms with Crippen molar-refractivity contribution in [3.8, 4) is 0 Å². The highest BCUT2D eigenvalue weighted by Crippen LogP contribution is 2.58. The number of esters is 4. The Morgan fingerprint density at radius 3 is 0.816 bits per heavy atom. The van der Waals surface area contributed by atoms with Crippen molar-refractivity contribution in [1.29, 1.82) is 0 Å². The van der Waals surface area contributed by atoms with E-state index in [9.17, 15) is 19.2 Å². The first-order valence-corrected chi connectivity index (χ1v) is 14.0. The largest absolute Gasteiger partial charge is 0.465 e. The Morgan fingerprint density at radius 1 is 0.474 bits per heavy atom. The predicted octanol–water partition coefficient (Wildman–Crippen LogP) is 4.84. The van der Waals surface area contributed by atoms with E-state index in [4.69, 9.17) is 18.9 Å². The van der Waals surface area contributed by atoms with E-state index in [2.05, 4.69) is 0 Å². The lowest BCUT2D eigenvalue weighted by atomic mass is 9.48. The monoisotopic (exact) mass is 536 g/mol. The smallest absolute Gasteiger partial charge is 0.310 e. The van der Waals surface area contributed by atoms with Gasteiger partial charge in [0, 0.05) is 11.8 Å². The van der Waals surface area contributed by atoms with Crippen LogP contribution in [0.1, 0.15) is 69.2 Å². The van der Waals surface area contributed by atoms with Crippen molar-refractivity contribution in [1.82, 2.24) is 0 Å². The number of hydrogen-bond acceptors (Lipinski definition) is 8. The Morgan fingerprint density at radius 2 is 0.658 bits per heavy atom. The third-order valence-corrected chi connectivity index (χ3v) is 7.27. The van der Waals surface area contributed by atoms with Crippen molar-refractivity contribution in [2.75, 3.05) is 26.4 Å². The number of fused-ring (bicyclic) bond motifs is 2. The summed E-state index contributed by atoms with van der Waals surface area (Å²) in [6.45, 7) is 19.9. The fraction of sp³-hybridized carbons (Fsp3) is 0.800. The summed E-state index contributed by atoms with van der Waals surface area (Å²) in [7, 11) is 0. The number of allylic oxidation sites excluding steroid dienone is 2. The van der Waals surface area contributed by atoms with Crippen molar-refractivity contribution in [2.45, 2.75) is 69.2 Å². The average Bonchev–Trinajstić information content (AvgIpc) is 2.83. The summed E-state index contributed by atoms with van der Waals surface area (Å²) in [5.74, 6) is -7.19. The van der Waals surface area contributed by atoms with E-state index in [1.54, 1.807) is 0 Å². The molecule has 3 aliphatic rings. The number of hydrogen-bond donors (Lipinski definition) is 0. The molecule has 1 saturated carbocycles.